The summed E-state index contributed by atoms with van der Waals surface area (Å²) in [6, 6.07) is 0. The van der Waals surface area contributed by atoms with Crippen LogP contribution in [0.4, 0.5) is 0 Å². The third-order valence-corrected chi connectivity index (χ3v) is 7.26. The Morgan fingerprint density at radius 3 is 2.35 bits per heavy atom. The second-order valence-electron chi connectivity index (χ2n) is 9.68. The standard InChI is InChI=1S/C23H38N6O2/c1-4-24-23(26-14-16(2)15-28-11-9-27(3)10-12-28)25-7-8-29-21(30)19-17-5-6-18(13-17)20(19)22(29)31/h5-6,16-20H,4,7-15H2,1-3H3,(H2,24,25,26). The second-order valence-corrected chi connectivity index (χ2v) is 9.68. The van der Waals surface area contributed by atoms with Gasteiger partial charge in [0, 0.05) is 58.9 Å². The van der Waals surface area contributed by atoms with Gasteiger partial charge in [-0.25, -0.2) is 0 Å². The van der Waals surface area contributed by atoms with E-state index in [1.165, 1.54) is 4.90 Å². The number of carbonyl (C=O) groups is 2. The average Bonchev–Trinajstić information content (AvgIpc) is 3.43. The van der Waals surface area contributed by atoms with Crippen molar-refractivity contribution in [2.24, 2.45) is 34.6 Å². The van der Waals surface area contributed by atoms with Gasteiger partial charge in [-0.05, 0) is 38.1 Å². The zero-order valence-corrected chi connectivity index (χ0v) is 19.2. The number of hydrogen-bond acceptors (Lipinski definition) is 5. The van der Waals surface area contributed by atoms with Gasteiger partial charge in [-0.3, -0.25) is 19.5 Å². The minimum Gasteiger partial charge on any atom is -0.357 e. The summed E-state index contributed by atoms with van der Waals surface area (Å²) in [4.78, 5) is 36.7. The van der Waals surface area contributed by atoms with E-state index < -0.39 is 0 Å². The molecule has 3 fully saturated rings. The minimum atomic E-state index is -0.111. The van der Waals surface area contributed by atoms with Crippen LogP contribution in [-0.4, -0.2) is 98.4 Å². The Morgan fingerprint density at radius 2 is 1.74 bits per heavy atom. The highest BCUT2D eigenvalue weighted by atomic mass is 16.2. The van der Waals surface area contributed by atoms with Crippen LogP contribution >= 0.6 is 0 Å². The van der Waals surface area contributed by atoms with Crippen molar-refractivity contribution >= 4 is 17.8 Å². The average molecular weight is 431 g/mol. The summed E-state index contributed by atoms with van der Waals surface area (Å²) in [6.07, 6.45) is 5.25. The summed E-state index contributed by atoms with van der Waals surface area (Å²) in [5.41, 5.74) is 0. The molecule has 8 nitrogen and oxygen atoms in total. The smallest absolute Gasteiger partial charge is 0.233 e. The Hall–Kier alpha value is -1.93. The van der Waals surface area contributed by atoms with Crippen LogP contribution in [0, 0.1) is 29.6 Å². The number of aliphatic imine (C=N–C) groups is 1. The molecule has 2 amide bonds. The fraction of sp³-hybridized carbons (Fsp3) is 0.783. The SMILES string of the molecule is CCNC(=NCC(C)CN1CCN(C)CC1)NCCN1C(=O)C2C3C=CC(C3)C2C1=O. The van der Waals surface area contributed by atoms with Crippen LogP contribution in [0.3, 0.4) is 0 Å². The number of nitrogens with zero attached hydrogens (tertiary/aromatic N) is 4. The number of carbonyl (C=O) groups excluding carboxylic acids is 2. The summed E-state index contributed by atoms with van der Waals surface area (Å²) < 4.78 is 0. The third-order valence-electron chi connectivity index (χ3n) is 7.26. The number of allylic oxidation sites excluding steroid dienone is 2. The molecule has 0 aromatic heterocycles. The molecule has 5 atom stereocenters. The summed E-state index contributed by atoms with van der Waals surface area (Å²) in [5, 5.41) is 6.59. The fourth-order valence-electron chi connectivity index (χ4n) is 5.59. The van der Waals surface area contributed by atoms with Gasteiger partial charge in [0.1, 0.15) is 0 Å². The van der Waals surface area contributed by atoms with Crippen molar-refractivity contribution in [3.63, 3.8) is 0 Å². The molecule has 1 saturated carbocycles. The van der Waals surface area contributed by atoms with Gasteiger partial charge in [0.2, 0.25) is 11.8 Å². The van der Waals surface area contributed by atoms with E-state index in [2.05, 4.69) is 46.6 Å². The first kappa shape index (κ1) is 22.3. The summed E-state index contributed by atoms with van der Waals surface area (Å²) in [5.74, 6) is 1.60. The highest BCUT2D eigenvalue weighted by Crippen LogP contribution is 2.52. The molecule has 31 heavy (non-hydrogen) atoms. The second kappa shape index (κ2) is 9.69. The van der Waals surface area contributed by atoms with Crippen LogP contribution < -0.4 is 10.6 Å². The van der Waals surface area contributed by atoms with Gasteiger partial charge in [-0.2, -0.15) is 0 Å². The van der Waals surface area contributed by atoms with Crippen LogP contribution in [0.2, 0.25) is 0 Å². The van der Waals surface area contributed by atoms with Crippen LogP contribution in [-0.2, 0) is 9.59 Å². The molecule has 2 bridgehead atoms. The summed E-state index contributed by atoms with van der Waals surface area (Å²) in [6.45, 7) is 12.3. The van der Waals surface area contributed by atoms with E-state index in [1.807, 2.05) is 6.92 Å². The number of fused-ring (bicyclic) bond motifs is 5. The maximum Gasteiger partial charge on any atom is 0.233 e. The van der Waals surface area contributed by atoms with Gasteiger partial charge in [-0.1, -0.05) is 19.1 Å². The zero-order valence-electron chi connectivity index (χ0n) is 19.2. The molecule has 2 heterocycles. The first-order valence-electron chi connectivity index (χ1n) is 11.9. The van der Waals surface area contributed by atoms with Crippen molar-refractivity contribution in [3.8, 4) is 0 Å². The van der Waals surface area contributed by atoms with Gasteiger partial charge >= 0.3 is 0 Å². The predicted molar refractivity (Wildman–Crippen MR) is 122 cm³/mol. The molecule has 0 aromatic rings. The molecule has 2 aliphatic carbocycles. The van der Waals surface area contributed by atoms with E-state index in [9.17, 15) is 9.59 Å². The first-order valence-corrected chi connectivity index (χ1v) is 11.9. The number of amides is 2. The van der Waals surface area contributed by atoms with Crippen molar-refractivity contribution in [2.45, 2.75) is 20.3 Å². The molecule has 2 N–H and O–H groups in total. The summed E-state index contributed by atoms with van der Waals surface area (Å²) >= 11 is 0. The lowest BCUT2D eigenvalue weighted by Gasteiger charge is -2.33. The number of rotatable bonds is 8. The van der Waals surface area contributed by atoms with Crippen molar-refractivity contribution < 1.29 is 9.59 Å². The Balaban J connectivity index is 1.23. The Labute approximate surface area is 186 Å². The van der Waals surface area contributed by atoms with Crippen molar-refractivity contribution in [2.75, 3.05) is 66.0 Å². The van der Waals surface area contributed by atoms with E-state index in [0.29, 0.717) is 19.0 Å². The van der Waals surface area contributed by atoms with Crippen molar-refractivity contribution in [1.82, 2.24) is 25.3 Å². The van der Waals surface area contributed by atoms with Gasteiger partial charge in [0.15, 0.2) is 5.96 Å². The molecular formula is C23H38N6O2. The van der Waals surface area contributed by atoms with Crippen molar-refractivity contribution in [1.29, 1.82) is 0 Å². The Morgan fingerprint density at radius 1 is 1.10 bits per heavy atom. The Bertz CT molecular complexity index is 700. The van der Waals surface area contributed by atoms with Crippen LogP contribution in [0.25, 0.3) is 0 Å². The monoisotopic (exact) mass is 430 g/mol. The van der Waals surface area contributed by atoms with E-state index in [1.54, 1.807) is 0 Å². The molecule has 8 heteroatoms. The summed E-state index contributed by atoms with van der Waals surface area (Å²) in [7, 11) is 2.18. The topological polar surface area (TPSA) is 80.3 Å². The van der Waals surface area contributed by atoms with E-state index in [-0.39, 0.29) is 35.5 Å². The number of hydrogen-bond donors (Lipinski definition) is 2. The maximum absolute atomic E-state index is 12.8. The highest BCUT2D eigenvalue weighted by molar-refractivity contribution is 6.06. The molecule has 172 valence electrons. The van der Waals surface area contributed by atoms with Crippen LogP contribution in [0.1, 0.15) is 20.3 Å². The van der Waals surface area contributed by atoms with Crippen molar-refractivity contribution in [3.05, 3.63) is 12.2 Å². The maximum atomic E-state index is 12.8. The van der Waals surface area contributed by atoms with E-state index >= 15 is 0 Å². The molecular weight excluding hydrogens is 392 g/mol. The zero-order chi connectivity index (χ0) is 22.0. The minimum absolute atomic E-state index is 0.0244. The number of likely N-dealkylation sites (tertiary alicyclic amines) is 1. The molecule has 0 spiro atoms. The Kier molecular flexibility index (Phi) is 6.96. The fourth-order valence-corrected chi connectivity index (χ4v) is 5.59. The third kappa shape index (κ3) is 4.80. The van der Waals surface area contributed by atoms with E-state index in [4.69, 9.17) is 4.99 Å². The van der Waals surface area contributed by atoms with Gasteiger partial charge in [0.05, 0.1) is 11.8 Å². The largest absolute Gasteiger partial charge is 0.357 e. The quantitative estimate of drug-likeness (QED) is 0.248. The lowest BCUT2D eigenvalue weighted by molar-refractivity contribution is -0.140. The normalized spacial score (nSPS) is 32.1. The number of likely N-dealkylation sites (N-methyl/N-ethyl adjacent to an activating group) is 1. The van der Waals surface area contributed by atoms with Crippen LogP contribution in [0.5, 0.6) is 0 Å². The number of imide groups is 1. The number of piperazine rings is 1. The molecule has 4 rings (SSSR count). The predicted octanol–water partition coefficient (Wildman–Crippen LogP) is 0.232. The number of guanidine groups is 1. The van der Waals surface area contributed by atoms with Crippen LogP contribution in [0.15, 0.2) is 17.1 Å². The molecule has 2 aliphatic heterocycles. The van der Waals surface area contributed by atoms with Gasteiger partial charge in [-0.15, -0.1) is 0 Å². The first-order chi connectivity index (χ1) is 15.0. The molecule has 5 unspecified atom stereocenters. The lowest BCUT2D eigenvalue weighted by Crippen LogP contribution is -2.46. The number of nitrogens with one attached hydrogen (secondary N) is 2. The molecule has 4 aliphatic rings. The van der Waals surface area contributed by atoms with E-state index in [0.717, 1.165) is 58.2 Å². The lowest BCUT2D eigenvalue weighted by atomic mass is 9.85. The highest BCUT2D eigenvalue weighted by Gasteiger charge is 2.58. The molecule has 0 aromatic carbocycles. The molecule has 2 saturated heterocycles. The van der Waals surface area contributed by atoms with Gasteiger partial charge < -0.3 is 20.4 Å². The molecule has 0 radical (unpaired) electrons. The van der Waals surface area contributed by atoms with Gasteiger partial charge in [0.25, 0.3) is 0 Å².